The molecule has 212 valence electrons. The molecule has 4 rings (SSSR count). The fraction of sp³-hybridized carbons (Fsp3) is 0.500. The lowest BCUT2D eigenvalue weighted by Gasteiger charge is -2.34. The van der Waals surface area contributed by atoms with Crippen LogP contribution in [0.4, 0.5) is 18.0 Å². The Morgan fingerprint density at radius 2 is 1.85 bits per heavy atom. The number of hydrogen-bond acceptors (Lipinski definition) is 6. The SMILES string of the molecule is CCC(COC(=O)N1C[C@@H](C)O[C@@H](C)C1)n1cc(C)c2nc(-c3ccc(OC(F)(F)F)cc3OC)c(C)cc21. The Hall–Kier alpha value is -3.47. The smallest absolute Gasteiger partial charge is 0.496 e. The first kappa shape index (κ1) is 28.5. The molecule has 2 aromatic heterocycles. The van der Waals surface area contributed by atoms with Gasteiger partial charge < -0.3 is 28.4 Å². The predicted octanol–water partition coefficient (Wildman–Crippen LogP) is 6.42. The minimum Gasteiger partial charge on any atom is -0.496 e. The van der Waals surface area contributed by atoms with E-state index >= 15 is 0 Å². The summed E-state index contributed by atoms with van der Waals surface area (Å²) < 4.78 is 61.0. The van der Waals surface area contributed by atoms with Crippen LogP contribution in [0.3, 0.4) is 0 Å². The Kier molecular flexibility index (Phi) is 8.29. The maximum Gasteiger partial charge on any atom is 0.573 e. The van der Waals surface area contributed by atoms with Crippen molar-refractivity contribution in [2.24, 2.45) is 0 Å². The van der Waals surface area contributed by atoms with Gasteiger partial charge in [-0.05, 0) is 63.4 Å². The molecular formula is C28H34F3N3O5. The van der Waals surface area contributed by atoms with Crippen molar-refractivity contribution in [1.29, 1.82) is 0 Å². The summed E-state index contributed by atoms with van der Waals surface area (Å²) in [5, 5.41) is 0. The van der Waals surface area contributed by atoms with E-state index in [2.05, 4.69) is 9.30 Å². The van der Waals surface area contributed by atoms with Gasteiger partial charge in [0.2, 0.25) is 0 Å². The van der Waals surface area contributed by atoms with Gasteiger partial charge >= 0.3 is 12.5 Å². The van der Waals surface area contributed by atoms with E-state index in [1.807, 2.05) is 46.9 Å². The van der Waals surface area contributed by atoms with Crippen molar-refractivity contribution in [2.75, 3.05) is 26.8 Å². The zero-order valence-corrected chi connectivity index (χ0v) is 23.0. The summed E-state index contributed by atoms with van der Waals surface area (Å²) in [6.07, 6.45) is -2.54. The number of fused-ring (bicyclic) bond motifs is 1. The van der Waals surface area contributed by atoms with Crippen LogP contribution in [0.25, 0.3) is 22.3 Å². The van der Waals surface area contributed by atoms with E-state index in [9.17, 15) is 18.0 Å². The van der Waals surface area contributed by atoms with E-state index in [1.165, 1.54) is 25.3 Å². The second-order valence-corrected chi connectivity index (χ2v) is 9.95. The van der Waals surface area contributed by atoms with Crippen molar-refractivity contribution in [1.82, 2.24) is 14.5 Å². The van der Waals surface area contributed by atoms with E-state index in [4.69, 9.17) is 19.2 Å². The third-order valence-corrected chi connectivity index (χ3v) is 6.78. The lowest BCUT2D eigenvalue weighted by Crippen LogP contribution is -2.48. The summed E-state index contributed by atoms with van der Waals surface area (Å²) >= 11 is 0. The summed E-state index contributed by atoms with van der Waals surface area (Å²) in [6.45, 7) is 10.9. The van der Waals surface area contributed by atoms with Gasteiger partial charge in [-0.1, -0.05) is 6.92 Å². The fourth-order valence-corrected chi connectivity index (χ4v) is 5.05. The summed E-state index contributed by atoms with van der Waals surface area (Å²) in [6, 6.07) is 5.83. The van der Waals surface area contributed by atoms with Crippen LogP contribution in [0.15, 0.2) is 30.5 Å². The molecule has 1 aliphatic rings. The van der Waals surface area contributed by atoms with Crippen molar-refractivity contribution < 1.29 is 36.9 Å². The molecule has 0 spiro atoms. The Labute approximate surface area is 225 Å². The van der Waals surface area contributed by atoms with Crippen LogP contribution in [0, 0.1) is 13.8 Å². The quantitative estimate of drug-likeness (QED) is 0.338. The molecule has 1 aliphatic heterocycles. The number of halogens is 3. The molecule has 1 aromatic carbocycles. The Balaban J connectivity index is 1.60. The number of amides is 1. The summed E-state index contributed by atoms with van der Waals surface area (Å²) in [7, 11) is 1.39. The number of aryl methyl sites for hydroxylation is 2. The number of morpholine rings is 1. The molecule has 39 heavy (non-hydrogen) atoms. The highest BCUT2D eigenvalue weighted by Gasteiger charge is 2.32. The minimum absolute atomic E-state index is 0.0467. The van der Waals surface area contributed by atoms with E-state index in [-0.39, 0.29) is 42.4 Å². The van der Waals surface area contributed by atoms with Gasteiger partial charge in [0, 0.05) is 17.8 Å². The zero-order valence-electron chi connectivity index (χ0n) is 23.0. The molecule has 11 heteroatoms. The van der Waals surface area contributed by atoms with Crippen molar-refractivity contribution >= 4 is 17.1 Å². The molecule has 0 bridgehead atoms. The maximum atomic E-state index is 12.8. The van der Waals surface area contributed by atoms with E-state index in [0.717, 1.165) is 28.6 Å². The van der Waals surface area contributed by atoms with Gasteiger partial charge in [-0.15, -0.1) is 13.2 Å². The normalized spacial score (nSPS) is 18.7. The van der Waals surface area contributed by atoms with Crippen molar-refractivity contribution in [3.8, 4) is 22.8 Å². The zero-order chi connectivity index (χ0) is 28.5. The number of nitrogens with zero attached hydrogens (tertiary/aromatic N) is 3. The predicted molar refractivity (Wildman–Crippen MR) is 140 cm³/mol. The molecular weight excluding hydrogens is 515 g/mol. The second-order valence-electron chi connectivity index (χ2n) is 9.95. The number of hydrogen-bond donors (Lipinski definition) is 0. The molecule has 3 aromatic rings. The van der Waals surface area contributed by atoms with Crippen LogP contribution < -0.4 is 9.47 Å². The van der Waals surface area contributed by atoms with E-state index < -0.39 is 6.36 Å². The van der Waals surface area contributed by atoms with Crippen LogP contribution in [0.2, 0.25) is 0 Å². The van der Waals surface area contributed by atoms with Crippen LogP contribution in [-0.2, 0) is 9.47 Å². The number of carbonyl (C=O) groups is 1. The molecule has 1 unspecified atom stereocenters. The standard InChI is InChI=1S/C28H34F3N3O5/c1-7-20(15-37-27(35)33-13-18(4)38-19(5)14-33)34-12-17(3)26-23(34)10-16(2)25(32-26)22-9-8-21(11-24(22)36-6)39-28(29,30)31/h8-12,18-20H,7,13-15H2,1-6H3/t18-,19+,20?. The number of ether oxygens (including phenoxy) is 4. The van der Waals surface area contributed by atoms with Gasteiger partial charge in [0.15, 0.2) is 0 Å². The molecule has 1 saturated heterocycles. The number of alkyl halides is 3. The third kappa shape index (κ3) is 6.41. The van der Waals surface area contributed by atoms with Crippen molar-refractivity contribution in [3.63, 3.8) is 0 Å². The van der Waals surface area contributed by atoms with Crippen LogP contribution >= 0.6 is 0 Å². The van der Waals surface area contributed by atoms with Crippen LogP contribution in [-0.4, -0.2) is 65.9 Å². The summed E-state index contributed by atoms with van der Waals surface area (Å²) in [4.78, 5) is 19.3. The summed E-state index contributed by atoms with van der Waals surface area (Å²) in [5.74, 6) is -0.153. The summed E-state index contributed by atoms with van der Waals surface area (Å²) in [5.41, 5.74) is 4.49. The molecule has 3 heterocycles. The first-order valence-corrected chi connectivity index (χ1v) is 12.9. The van der Waals surface area contributed by atoms with Gasteiger partial charge in [-0.3, -0.25) is 0 Å². The third-order valence-electron chi connectivity index (χ3n) is 6.78. The van der Waals surface area contributed by atoms with Gasteiger partial charge in [0.1, 0.15) is 18.1 Å². The Morgan fingerprint density at radius 3 is 2.46 bits per heavy atom. The molecule has 0 aliphatic carbocycles. The number of benzene rings is 1. The molecule has 8 nitrogen and oxygen atoms in total. The minimum atomic E-state index is -4.80. The topological polar surface area (TPSA) is 75.0 Å². The monoisotopic (exact) mass is 549 g/mol. The number of pyridine rings is 1. The van der Waals surface area contributed by atoms with Gasteiger partial charge in [-0.25, -0.2) is 9.78 Å². The lowest BCUT2D eigenvalue weighted by atomic mass is 10.0. The molecule has 0 N–H and O–H groups in total. The average Bonchev–Trinajstić information content (AvgIpc) is 3.17. The lowest BCUT2D eigenvalue weighted by molar-refractivity contribution is -0.274. The molecule has 1 amide bonds. The number of aromatic nitrogens is 2. The van der Waals surface area contributed by atoms with Crippen molar-refractivity contribution in [2.45, 2.75) is 65.7 Å². The molecule has 0 saturated carbocycles. The van der Waals surface area contributed by atoms with Crippen LogP contribution in [0.5, 0.6) is 11.5 Å². The number of rotatable bonds is 7. The highest BCUT2D eigenvalue weighted by Crippen LogP contribution is 2.37. The van der Waals surface area contributed by atoms with Crippen LogP contribution in [0.1, 0.15) is 44.4 Å². The molecule has 3 atom stereocenters. The van der Waals surface area contributed by atoms with Gasteiger partial charge in [-0.2, -0.15) is 0 Å². The highest BCUT2D eigenvalue weighted by molar-refractivity contribution is 5.85. The maximum absolute atomic E-state index is 12.8. The highest BCUT2D eigenvalue weighted by atomic mass is 19.4. The largest absolute Gasteiger partial charge is 0.573 e. The molecule has 0 radical (unpaired) electrons. The first-order valence-electron chi connectivity index (χ1n) is 12.9. The first-order chi connectivity index (χ1) is 18.4. The fourth-order valence-electron chi connectivity index (χ4n) is 5.05. The Bertz CT molecular complexity index is 1330. The number of carbonyl (C=O) groups excluding carboxylic acids is 1. The van der Waals surface area contributed by atoms with Gasteiger partial charge in [0.05, 0.1) is 55.2 Å². The van der Waals surface area contributed by atoms with Crippen molar-refractivity contribution in [3.05, 3.63) is 41.6 Å². The van der Waals surface area contributed by atoms with E-state index in [1.54, 1.807) is 4.90 Å². The van der Waals surface area contributed by atoms with Gasteiger partial charge in [0.25, 0.3) is 0 Å². The Morgan fingerprint density at radius 1 is 1.15 bits per heavy atom. The molecule has 1 fully saturated rings. The average molecular weight is 550 g/mol. The van der Waals surface area contributed by atoms with E-state index in [0.29, 0.717) is 24.3 Å². The number of methoxy groups -OCH3 is 1. The second kappa shape index (κ2) is 11.3.